The van der Waals surface area contributed by atoms with Crippen molar-refractivity contribution in [2.24, 2.45) is 0 Å². The summed E-state index contributed by atoms with van der Waals surface area (Å²) in [5, 5.41) is 20.4. The molecule has 0 fully saturated rings. The van der Waals surface area contributed by atoms with Gasteiger partial charge in [-0.25, -0.2) is 4.79 Å². The van der Waals surface area contributed by atoms with Crippen LogP contribution in [0.3, 0.4) is 0 Å². The van der Waals surface area contributed by atoms with Crippen molar-refractivity contribution >= 4 is 12.1 Å². The highest BCUT2D eigenvalue weighted by molar-refractivity contribution is 5.79. The van der Waals surface area contributed by atoms with Crippen LogP contribution in [0.15, 0.2) is 48.5 Å². The predicted octanol–water partition coefficient (Wildman–Crippen LogP) is 2.36. The summed E-state index contributed by atoms with van der Waals surface area (Å²) in [6.07, 6.45) is -2.24. The molecule has 3 N–H and O–H groups in total. The van der Waals surface area contributed by atoms with E-state index in [0.717, 1.165) is 22.3 Å². The Bertz CT molecular complexity index is 743. The fraction of sp³-hybridized carbons (Fsp3) is 0.263. The number of aliphatic hydroxyl groups excluding tert-OH is 1. The number of ether oxygens (including phenoxy) is 1. The van der Waals surface area contributed by atoms with Gasteiger partial charge in [0.1, 0.15) is 6.61 Å². The average Bonchev–Trinajstić information content (AvgIpc) is 2.92. The number of carboxylic acids is 1. The second-order valence-corrected chi connectivity index (χ2v) is 5.96. The third kappa shape index (κ3) is 3.80. The van der Waals surface area contributed by atoms with Gasteiger partial charge in [0.15, 0.2) is 0 Å². The Morgan fingerprint density at radius 1 is 1.04 bits per heavy atom. The molecule has 0 spiro atoms. The van der Waals surface area contributed by atoms with E-state index in [9.17, 15) is 14.7 Å². The van der Waals surface area contributed by atoms with Crippen molar-refractivity contribution in [1.82, 2.24) is 5.32 Å². The van der Waals surface area contributed by atoms with Gasteiger partial charge < -0.3 is 20.3 Å². The van der Waals surface area contributed by atoms with E-state index in [1.165, 1.54) is 0 Å². The molecule has 0 aliphatic heterocycles. The summed E-state index contributed by atoms with van der Waals surface area (Å²) in [5.74, 6) is -1.16. The quantitative estimate of drug-likeness (QED) is 0.750. The first-order valence-corrected chi connectivity index (χ1v) is 8.05. The summed E-state index contributed by atoms with van der Waals surface area (Å²) < 4.78 is 5.29. The first kappa shape index (κ1) is 17.0. The first-order chi connectivity index (χ1) is 12.1. The van der Waals surface area contributed by atoms with Crippen molar-refractivity contribution in [3.8, 4) is 11.1 Å². The van der Waals surface area contributed by atoms with Crippen molar-refractivity contribution in [3.63, 3.8) is 0 Å². The van der Waals surface area contributed by atoms with Crippen LogP contribution in [0, 0.1) is 0 Å². The second kappa shape index (κ2) is 7.36. The van der Waals surface area contributed by atoms with Crippen molar-refractivity contribution < 1.29 is 24.5 Å². The molecule has 1 atom stereocenters. The molecule has 0 heterocycles. The molecule has 0 radical (unpaired) electrons. The number of benzene rings is 2. The van der Waals surface area contributed by atoms with Crippen LogP contribution in [0.5, 0.6) is 0 Å². The van der Waals surface area contributed by atoms with Crippen molar-refractivity contribution in [3.05, 3.63) is 59.7 Å². The SMILES string of the molecule is O=C(O)C[C@H](O)CNC(=O)OCC1c2ccccc2-c2ccccc21. The molecule has 0 saturated heterocycles. The lowest BCUT2D eigenvalue weighted by Gasteiger charge is -2.15. The van der Waals surface area contributed by atoms with E-state index < -0.39 is 24.6 Å². The lowest BCUT2D eigenvalue weighted by atomic mass is 9.98. The third-order valence-electron chi connectivity index (χ3n) is 4.24. The molecule has 25 heavy (non-hydrogen) atoms. The molecular formula is C19H19NO5. The van der Waals surface area contributed by atoms with Crippen LogP contribution in [0.25, 0.3) is 11.1 Å². The average molecular weight is 341 g/mol. The van der Waals surface area contributed by atoms with Gasteiger partial charge in [-0.15, -0.1) is 0 Å². The number of carbonyl (C=O) groups is 2. The number of rotatable bonds is 6. The Morgan fingerprint density at radius 3 is 2.16 bits per heavy atom. The van der Waals surface area contributed by atoms with E-state index in [4.69, 9.17) is 9.84 Å². The van der Waals surface area contributed by atoms with E-state index >= 15 is 0 Å². The topological polar surface area (TPSA) is 95.9 Å². The molecule has 2 aromatic carbocycles. The number of carboxylic acid groups (broad SMARTS) is 1. The number of amides is 1. The van der Waals surface area contributed by atoms with Crippen LogP contribution in [0.1, 0.15) is 23.5 Å². The Morgan fingerprint density at radius 2 is 1.60 bits per heavy atom. The molecule has 3 rings (SSSR count). The molecule has 0 unspecified atom stereocenters. The van der Waals surface area contributed by atoms with Gasteiger partial charge >= 0.3 is 12.1 Å². The van der Waals surface area contributed by atoms with E-state index in [1.807, 2.05) is 36.4 Å². The number of aliphatic hydroxyl groups is 1. The van der Waals surface area contributed by atoms with E-state index in [1.54, 1.807) is 0 Å². The van der Waals surface area contributed by atoms with Gasteiger partial charge in [-0.1, -0.05) is 48.5 Å². The zero-order valence-corrected chi connectivity index (χ0v) is 13.5. The van der Waals surface area contributed by atoms with Crippen LogP contribution in [-0.4, -0.2) is 41.5 Å². The molecule has 6 nitrogen and oxygen atoms in total. The molecule has 130 valence electrons. The maximum Gasteiger partial charge on any atom is 0.407 e. The molecular weight excluding hydrogens is 322 g/mol. The molecule has 0 saturated carbocycles. The Balaban J connectivity index is 1.62. The van der Waals surface area contributed by atoms with E-state index in [-0.39, 0.29) is 19.1 Å². The summed E-state index contributed by atoms with van der Waals surface area (Å²) in [6.45, 7) is 0.0118. The lowest BCUT2D eigenvalue weighted by Crippen LogP contribution is -2.34. The van der Waals surface area contributed by atoms with Gasteiger partial charge in [0, 0.05) is 12.5 Å². The summed E-state index contributed by atoms with van der Waals surface area (Å²) in [5.41, 5.74) is 4.51. The molecule has 0 bridgehead atoms. The maximum atomic E-state index is 11.8. The van der Waals surface area contributed by atoms with Gasteiger partial charge in [-0.2, -0.15) is 0 Å². The number of hydrogen-bond donors (Lipinski definition) is 3. The van der Waals surface area contributed by atoms with Crippen LogP contribution in [0.2, 0.25) is 0 Å². The van der Waals surface area contributed by atoms with E-state index in [2.05, 4.69) is 17.4 Å². The Kier molecular flexibility index (Phi) is 5.00. The zero-order valence-electron chi connectivity index (χ0n) is 13.5. The maximum absolute atomic E-state index is 11.8. The van der Waals surface area contributed by atoms with E-state index in [0.29, 0.717) is 0 Å². The number of aliphatic carboxylic acids is 1. The Labute approximate surface area is 145 Å². The van der Waals surface area contributed by atoms with Crippen molar-refractivity contribution in [2.45, 2.75) is 18.4 Å². The van der Waals surface area contributed by atoms with Gasteiger partial charge in [0.05, 0.1) is 12.5 Å². The fourth-order valence-corrected chi connectivity index (χ4v) is 3.12. The number of carbonyl (C=O) groups excluding carboxylic acids is 1. The van der Waals surface area contributed by atoms with Crippen LogP contribution < -0.4 is 5.32 Å². The minimum Gasteiger partial charge on any atom is -0.481 e. The highest BCUT2D eigenvalue weighted by Crippen LogP contribution is 2.44. The second-order valence-electron chi connectivity index (χ2n) is 5.96. The molecule has 2 aromatic rings. The summed E-state index contributed by atoms with van der Waals surface area (Å²) in [7, 11) is 0. The minimum atomic E-state index is -1.14. The summed E-state index contributed by atoms with van der Waals surface area (Å²) in [4.78, 5) is 22.3. The largest absolute Gasteiger partial charge is 0.481 e. The van der Waals surface area contributed by atoms with Crippen LogP contribution in [-0.2, 0) is 9.53 Å². The van der Waals surface area contributed by atoms with Gasteiger partial charge in [0.2, 0.25) is 0 Å². The molecule has 1 aliphatic carbocycles. The normalized spacial score (nSPS) is 13.6. The predicted molar refractivity (Wildman–Crippen MR) is 91.3 cm³/mol. The minimum absolute atomic E-state index is 0.0397. The Hall–Kier alpha value is -2.86. The number of nitrogens with one attached hydrogen (secondary N) is 1. The third-order valence-corrected chi connectivity index (χ3v) is 4.24. The molecule has 6 heteroatoms. The van der Waals surface area contributed by atoms with Crippen molar-refractivity contribution in [2.75, 3.05) is 13.2 Å². The van der Waals surface area contributed by atoms with Crippen molar-refractivity contribution in [1.29, 1.82) is 0 Å². The summed E-state index contributed by atoms with van der Waals surface area (Å²) >= 11 is 0. The van der Waals surface area contributed by atoms with Crippen LogP contribution >= 0.6 is 0 Å². The van der Waals surface area contributed by atoms with Gasteiger partial charge in [-0.3, -0.25) is 4.79 Å². The monoisotopic (exact) mass is 341 g/mol. The van der Waals surface area contributed by atoms with Gasteiger partial charge in [-0.05, 0) is 22.3 Å². The number of hydrogen-bond acceptors (Lipinski definition) is 4. The summed E-state index contributed by atoms with van der Waals surface area (Å²) in [6, 6.07) is 16.0. The number of alkyl carbamates (subject to hydrolysis) is 1. The number of fused-ring (bicyclic) bond motifs is 3. The molecule has 1 aliphatic rings. The smallest absolute Gasteiger partial charge is 0.407 e. The fourth-order valence-electron chi connectivity index (χ4n) is 3.12. The zero-order chi connectivity index (χ0) is 17.8. The van der Waals surface area contributed by atoms with Crippen LogP contribution in [0.4, 0.5) is 4.79 Å². The molecule has 1 amide bonds. The highest BCUT2D eigenvalue weighted by atomic mass is 16.5. The standard InChI is InChI=1S/C19H19NO5/c21-12(9-18(22)23)10-20-19(24)25-11-17-15-7-3-1-5-13(15)14-6-2-4-8-16(14)17/h1-8,12,17,21H,9-11H2,(H,20,24)(H,22,23)/t12-/m0/s1. The van der Waals surface area contributed by atoms with Gasteiger partial charge in [0.25, 0.3) is 0 Å². The first-order valence-electron chi connectivity index (χ1n) is 8.05. The highest BCUT2D eigenvalue weighted by Gasteiger charge is 2.29. The molecule has 0 aromatic heterocycles. The lowest BCUT2D eigenvalue weighted by molar-refractivity contribution is -0.139.